The van der Waals surface area contributed by atoms with Crippen molar-refractivity contribution in [3.63, 3.8) is 0 Å². The molecule has 9 nitrogen and oxygen atoms in total. The summed E-state index contributed by atoms with van der Waals surface area (Å²) in [5, 5.41) is 9.48. The first kappa shape index (κ1) is 37.9. The highest BCUT2D eigenvalue weighted by atomic mass is 35.5. The van der Waals surface area contributed by atoms with Crippen molar-refractivity contribution in [2.75, 3.05) is 13.2 Å². The van der Waals surface area contributed by atoms with Crippen LogP contribution < -0.4 is 15.6 Å². The predicted octanol–water partition coefficient (Wildman–Crippen LogP) is 7.11. The minimum Gasteiger partial charge on any atom is -0.494 e. The monoisotopic (exact) mass is 727 g/mol. The smallest absolute Gasteiger partial charge is 0.416 e. The van der Waals surface area contributed by atoms with Gasteiger partial charge in [-0.25, -0.2) is 14.8 Å². The summed E-state index contributed by atoms with van der Waals surface area (Å²) in [6, 6.07) is 13.2. The van der Waals surface area contributed by atoms with Gasteiger partial charge in [-0.1, -0.05) is 29.3 Å². The van der Waals surface area contributed by atoms with E-state index in [-0.39, 0.29) is 35.9 Å². The van der Waals surface area contributed by atoms with E-state index in [4.69, 9.17) is 47.5 Å². The molecule has 3 N–H and O–H groups in total. The molecule has 49 heavy (non-hydrogen) atoms. The second-order valence-electron chi connectivity index (χ2n) is 12.2. The van der Waals surface area contributed by atoms with Gasteiger partial charge in [-0.2, -0.15) is 13.2 Å². The summed E-state index contributed by atoms with van der Waals surface area (Å²) >= 11 is 12.8. The Morgan fingerprint density at radius 3 is 2.39 bits per heavy atom. The van der Waals surface area contributed by atoms with Gasteiger partial charge in [-0.3, -0.25) is 15.0 Å². The van der Waals surface area contributed by atoms with E-state index in [0.717, 1.165) is 12.1 Å². The molecule has 0 aromatic heterocycles. The van der Waals surface area contributed by atoms with Crippen molar-refractivity contribution in [2.24, 2.45) is 4.99 Å². The predicted molar refractivity (Wildman–Crippen MR) is 175 cm³/mol. The Balaban J connectivity index is 1.72. The van der Waals surface area contributed by atoms with Gasteiger partial charge in [0.25, 0.3) is 5.91 Å². The van der Waals surface area contributed by atoms with Crippen LogP contribution in [0.2, 0.25) is 10.0 Å². The van der Waals surface area contributed by atoms with Crippen molar-refractivity contribution < 1.29 is 46.5 Å². The Morgan fingerprint density at radius 1 is 1.04 bits per heavy atom. The number of esters is 1. The normalized spacial score (nSPS) is 17.7. The number of hydrogen-bond acceptors (Lipinski definition) is 8. The minimum atomic E-state index is -4.78. The lowest BCUT2D eigenvalue weighted by molar-refractivity contribution is -0.155. The van der Waals surface area contributed by atoms with Crippen LogP contribution in [0.4, 0.5) is 17.6 Å². The first-order chi connectivity index (χ1) is 23.0. The van der Waals surface area contributed by atoms with Gasteiger partial charge in [0.05, 0.1) is 12.2 Å². The number of hydrazine groups is 1. The molecular weight excluding hydrogens is 693 g/mol. The zero-order valence-electron chi connectivity index (χ0n) is 26.8. The van der Waals surface area contributed by atoms with E-state index >= 15 is 0 Å². The molecular formula is C34H35Cl2F4N3O6. The van der Waals surface area contributed by atoms with Crippen LogP contribution in [0.5, 0.6) is 5.75 Å². The van der Waals surface area contributed by atoms with Gasteiger partial charge in [0, 0.05) is 47.2 Å². The number of aliphatic hydroxyl groups is 1. The summed E-state index contributed by atoms with van der Waals surface area (Å²) in [7, 11) is 0. The Bertz CT molecular complexity index is 1680. The van der Waals surface area contributed by atoms with Gasteiger partial charge >= 0.3 is 12.1 Å². The Hall–Kier alpha value is -3.91. The van der Waals surface area contributed by atoms with E-state index in [2.05, 4.69) is 10.9 Å². The van der Waals surface area contributed by atoms with Gasteiger partial charge < -0.3 is 19.3 Å². The van der Waals surface area contributed by atoms with Gasteiger partial charge in [-0.05, 0) is 87.4 Å². The largest absolute Gasteiger partial charge is 0.494 e. The summed E-state index contributed by atoms with van der Waals surface area (Å²) < 4.78 is 71.3. The number of ether oxygens (including phenoxy) is 3. The molecule has 0 bridgehead atoms. The number of nitrogens with zero attached hydrogens (tertiary/aromatic N) is 1. The SMILES string of the molecule is CC(C)(C)OC(=O)CC[C@]1(C(=O)NNCc2cc(F)cc(C(F)(F)F)c2)N=C(c2ccc(OCCCO)cc2)O[C@H]1c1ccc(Cl)cc1Cl. The van der Waals surface area contributed by atoms with Crippen LogP contribution in [-0.4, -0.2) is 47.2 Å². The molecule has 0 aliphatic carbocycles. The first-order valence-electron chi connectivity index (χ1n) is 15.2. The van der Waals surface area contributed by atoms with E-state index in [9.17, 15) is 27.2 Å². The molecule has 15 heteroatoms. The molecule has 0 fully saturated rings. The Kier molecular flexibility index (Phi) is 12.2. The number of aliphatic imine (C=N–C) groups is 1. The highest BCUT2D eigenvalue weighted by molar-refractivity contribution is 6.35. The maximum atomic E-state index is 14.2. The van der Waals surface area contributed by atoms with E-state index in [0.29, 0.717) is 41.0 Å². The van der Waals surface area contributed by atoms with E-state index < -0.39 is 53.2 Å². The highest BCUT2D eigenvalue weighted by Gasteiger charge is 2.54. The molecule has 1 aliphatic rings. The summed E-state index contributed by atoms with van der Waals surface area (Å²) in [4.78, 5) is 31.9. The van der Waals surface area contributed by atoms with Gasteiger partial charge in [-0.15, -0.1) is 0 Å². The highest BCUT2D eigenvalue weighted by Crippen LogP contribution is 2.46. The van der Waals surface area contributed by atoms with Crippen LogP contribution in [0.3, 0.4) is 0 Å². The fourth-order valence-electron chi connectivity index (χ4n) is 5.00. The Morgan fingerprint density at radius 2 is 1.76 bits per heavy atom. The average molecular weight is 729 g/mol. The van der Waals surface area contributed by atoms with Crippen molar-refractivity contribution >= 4 is 41.0 Å². The summed E-state index contributed by atoms with van der Waals surface area (Å²) in [6.07, 6.45) is -6.10. The number of nitrogens with one attached hydrogen (secondary N) is 2. The number of aliphatic hydroxyl groups excluding tert-OH is 1. The van der Waals surface area contributed by atoms with Crippen molar-refractivity contribution in [3.05, 3.63) is 98.8 Å². The molecule has 1 heterocycles. The zero-order chi connectivity index (χ0) is 36.0. The number of rotatable bonds is 13. The Labute approximate surface area is 290 Å². The molecule has 1 aliphatic heterocycles. The molecule has 4 rings (SSSR count). The number of benzene rings is 3. The van der Waals surface area contributed by atoms with E-state index in [1.165, 1.54) is 6.07 Å². The molecule has 0 saturated carbocycles. The lowest BCUT2D eigenvalue weighted by Gasteiger charge is -2.31. The second kappa shape index (κ2) is 15.8. The van der Waals surface area contributed by atoms with E-state index in [1.54, 1.807) is 57.2 Å². The van der Waals surface area contributed by atoms with Crippen LogP contribution in [0, 0.1) is 5.82 Å². The number of hydrogen-bond donors (Lipinski definition) is 3. The molecule has 3 aromatic carbocycles. The summed E-state index contributed by atoms with van der Waals surface area (Å²) in [5.74, 6) is -2.01. The standard InChI is InChI=1S/C34H35Cl2F4N3O6/c1-32(2,3)49-28(45)11-12-33(31(46)43-41-19-20-15-22(34(38,39)40)17-24(37)16-20)29(26-10-7-23(35)18-27(26)36)48-30(42-33)21-5-8-25(9-6-21)47-14-4-13-44/h5-10,15-18,29,41,44H,4,11-14,19H2,1-3H3,(H,43,46)/t29-,33-/m0/s1. The van der Waals surface area contributed by atoms with Gasteiger partial charge in [0.1, 0.15) is 17.2 Å². The van der Waals surface area contributed by atoms with Crippen molar-refractivity contribution in [1.29, 1.82) is 0 Å². The zero-order valence-corrected chi connectivity index (χ0v) is 28.3. The molecule has 0 unspecified atom stereocenters. The summed E-state index contributed by atoms with van der Waals surface area (Å²) in [5.41, 5.74) is 1.78. The van der Waals surface area contributed by atoms with Crippen LogP contribution in [-0.2, 0) is 31.8 Å². The lowest BCUT2D eigenvalue weighted by Crippen LogP contribution is -2.52. The molecule has 1 amide bonds. The number of carbonyl (C=O) groups excluding carboxylic acids is 2. The molecule has 264 valence electrons. The maximum absolute atomic E-state index is 14.2. The van der Waals surface area contributed by atoms with Crippen molar-refractivity contribution in [2.45, 2.75) is 70.0 Å². The molecule has 0 radical (unpaired) electrons. The van der Waals surface area contributed by atoms with Crippen molar-refractivity contribution in [3.8, 4) is 5.75 Å². The third-order valence-electron chi connectivity index (χ3n) is 7.18. The maximum Gasteiger partial charge on any atom is 0.416 e. The van der Waals surface area contributed by atoms with Gasteiger partial charge in [0.15, 0.2) is 11.6 Å². The second-order valence-corrected chi connectivity index (χ2v) is 13.0. The van der Waals surface area contributed by atoms with Crippen LogP contribution in [0.1, 0.15) is 68.4 Å². The average Bonchev–Trinajstić information content (AvgIpc) is 3.39. The number of alkyl halides is 3. The molecule has 0 spiro atoms. The number of halogens is 6. The number of carbonyl (C=O) groups is 2. The van der Waals surface area contributed by atoms with Crippen molar-refractivity contribution in [1.82, 2.24) is 10.9 Å². The fraction of sp³-hybridized carbons (Fsp3) is 0.382. The van der Waals surface area contributed by atoms with Crippen LogP contribution in [0.25, 0.3) is 0 Å². The van der Waals surface area contributed by atoms with Crippen LogP contribution in [0.15, 0.2) is 65.7 Å². The molecule has 0 saturated heterocycles. The van der Waals surface area contributed by atoms with Crippen LogP contribution >= 0.6 is 23.2 Å². The topological polar surface area (TPSA) is 118 Å². The summed E-state index contributed by atoms with van der Waals surface area (Å²) in [6.45, 7) is 4.94. The minimum absolute atomic E-state index is 0.0252. The third-order valence-corrected chi connectivity index (χ3v) is 7.75. The van der Waals surface area contributed by atoms with E-state index in [1.807, 2.05) is 0 Å². The van der Waals surface area contributed by atoms with Gasteiger partial charge in [0.2, 0.25) is 5.90 Å². The molecule has 3 aromatic rings. The third kappa shape index (κ3) is 10.1. The number of amides is 1. The lowest BCUT2D eigenvalue weighted by atomic mass is 9.83. The first-order valence-corrected chi connectivity index (χ1v) is 15.9. The molecule has 2 atom stereocenters. The fourth-order valence-corrected chi connectivity index (χ4v) is 5.51. The quantitative estimate of drug-likeness (QED) is 0.0743.